The number of aliphatic hydroxyl groups excluding tert-OH is 1. The fourth-order valence-corrected chi connectivity index (χ4v) is 2.17. The number of hydrogen-bond acceptors (Lipinski definition) is 4. The van der Waals surface area contributed by atoms with E-state index in [1.807, 2.05) is 29.2 Å². The highest BCUT2D eigenvalue weighted by atomic mass is 16.3. The highest BCUT2D eigenvalue weighted by molar-refractivity contribution is 5.96. The van der Waals surface area contributed by atoms with Crippen molar-refractivity contribution in [3.05, 3.63) is 47.3 Å². The molecule has 2 N–H and O–H groups in total. The summed E-state index contributed by atoms with van der Waals surface area (Å²) in [7, 11) is 0. The van der Waals surface area contributed by atoms with Crippen molar-refractivity contribution in [2.75, 3.05) is 13.1 Å². The molecule has 112 valence electrons. The fourth-order valence-electron chi connectivity index (χ4n) is 2.17. The van der Waals surface area contributed by atoms with Crippen LogP contribution in [-0.4, -0.2) is 43.9 Å². The molecule has 0 unspecified atom stereocenters. The lowest BCUT2D eigenvalue weighted by Gasteiger charge is -2.21. The molecule has 6 heteroatoms. The van der Waals surface area contributed by atoms with Crippen LogP contribution in [0.5, 0.6) is 0 Å². The SMILES string of the molecule is CCN(CC)C(=N)c1ccc(Cn2cc(CO)nn2)cc1. The van der Waals surface area contributed by atoms with Gasteiger partial charge in [-0.25, -0.2) is 4.68 Å². The third kappa shape index (κ3) is 3.66. The van der Waals surface area contributed by atoms with Crippen molar-refractivity contribution in [2.24, 2.45) is 0 Å². The second kappa shape index (κ2) is 6.99. The number of aromatic nitrogens is 3. The van der Waals surface area contributed by atoms with E-state index in [0.717, 1.165) is 24.2 Å². The average Bonchev–Trinajstić information content (AvgIpc) is 2.97. The number of nitrogens with one attached hydrogen (secondary N) is 1. The van der Waals surface area contributed by atoms with Crippen LogP contribution in [0.15, 0.2) is 30.5 Å². The molecule has 0 fully saturated rings. The van der Waals surface area contributed by atoms with Gasteiger partial charge in [-0.1, -0.05) is 29.5 Å². The summed E-state index contributed by atoms with van der Waals surface area (Å²) in [6, 6.07) is 7.90. The molecule has 21 heavy (non-hydrogen) atoms. The number of hydrogen-bond donors (Lipinski definition) is 2. The quantitative estimate of drug-likeness (QED) is 0.623. The van der Waals surface area contributed by atoms with Crippen molar-refractivity contribution in [3.63, 3.8) is 0 Å². The van der Waals surface area contributed by atoms with E-state index in [1.54, 1.807) is 10.9 Å². The van der Waals surface area contributed by atoms with Gasteiger partial charge in [-0.05, 0) is 19.4 Å². The molecule has 0 aliphatic heterocycles. The van der Waals surface area contributed by atoms with Gasteiger partial charge in [0.15, 0.2) is 0 Å². The van der Waals surface area contributed by atoms with Gasteiger partial charge in [0, 0.05) is 18.7 Å². The average molecular weight is 287 g/mol. The predicted octanol–water partition coefficient (Wildman–Crippen LogP) is 1.49. The summed E-state index contributed by atoms with van der Waals surface area (Å²) in [6.07, 6.45) is 1.73. The van der Waals surface area contributed by atoms with Crippen molar-refractivity contribution in [2.45, 2.75) is 27.0 Å². The molecule has 0 spiro atoms. The Morgan fingerprint density at radius 1 is 1.24 bits per heavy atom. The molecule has 0 aliphatic rings. The van der Waals surface area contributed by atoms with E-state index < -0.39 is 0 Å². The molecule has 0 bridgehead atoms. The zero-order valence-corrected chi connectivity index (χ0v) is 12.5. The van der Waals surface area contributed by atoms with Gasteiger partial charge in [-0.15, -0.1) is 5.10 Å². The van der Waals surface area contributed by atoms with E-state index >= 15 is 0 Å². The molecule has 1 heterocycles. The molecule has 0 radical (unpaired) electrons. The molecule has 0 amide bonds. The second-order valence-electron chi connectivity index (χ2n) is 4.78. The smallest absolute Gasteiger partial charge is 0.128 e. The first-order chi connectivity index (χ1) is 10.2. The van der Waals surface area contributed by atoms with Crippen molar-refractivity contribution in [1.29, 1.82) is 5.41 Å². The minimum atomic E-state index is -0.0973. The molecule has 0 saturated carbocycles. The lowest BCUT2D eigenvalue weighted by atomic mass is 10.1. The molecule has 0 aliphatic carbocycles. The summed E-state index contributed by atoms with van der Waals surface area (Å²) in [5, 5.41) is 24.9. The van der Waals surface area contributed by atoms with Crippen LogP contribution in [-0.2, 0) is 13.2 Å². The first kappa shape index (κ1) is 15.2. The van der Waals surface area contributed by atoms with E-state index in [-0.39, 0.29) is 6.61 Å². The Morgan fingerprint density at radius 2 is 1.90 bits per heavy atom. The van der Waals surface area contributed by atoms with Gasteiger partial charge in [-0.3, -0.25) is 5.41 Å². The van der Waals surface area contributed by atoms with Gasteiger partial charge in [0.05, 0.1) is 19.3 Å². The van der Waals surface area contributed by atoms with E-state index in [1.165, 1.54) is 0 Å². The van der Waals surface area contributed by atoms with E-state index in [2.05, 4.69) is 24.2 Å². The molecule has 2 rings (SSSR count). The van der Waals surface area contributed by atoms with Crippen molar-refractivity contribution in [1.82, 2.24) is 19.9 Å². The lowest BCUT2D eigenvalue weighted by molar-refractivity contribution is 0.276. The maximum absolute atomic E-state index is 8.97. The molecule has 0 saturated heterocycles. The molecular formula is C15H21N5O. The second-order valence-corrected chi connectivity index (χ2v) is 4.78. The predicted molar refractivity (Wildman–Crippen MR) is 81.2 cm³/mol. The van der Waals surface area contributed by atoms with Crippen molar-refractivity contribution < 1.29 is 5.11 Å². The maximum atomic E-state index is 8.97. The first-order valence-electron chi connectivity index (χ1n) is 7.10. The van der Waals surface area contributed by atoms with Gasteiger partial charge in [0.25, 0.3) is 0 Å². The van der Waals surface area contributed by atoms with Crippen LogP contribution in [0.4, 0.5) is 0 Å². The van der Waals surface area contributed by atoms with E-state index in [9.17, 15) is 0 Å². The summed E-state index contributed by atoms with van der Waals surface area (Å²) in [6.45, 7) is 6.28. The monoisotopic (exact) mass is 287 g/mol. The summed E-state index contributed by atoms with van der Waals surface area (Å²) in [4.78, 5) is 2.01. The third-order valence-corrected chi connectivity index (χ3v) is 3.40. The summed E-state index contributed by atoms with van der Waals surface area (Å²) >= 11 is 0. The molecule has 0 atom stereocenters. The van der Waals surface area contributed by atoms with Crippen LogP contribution < -0.4 is 0 Å². The maximum Gasteiger partial charge on any atom is 0.128 e. The van der Waals surface area contributed by atoms with Gasteiger partial charge in [0.1, 0.15) is 11.5 Å². The summed E-state index contributed by atoms with van der Waals surface area (Å²) in [5.74, 6) is 0.551. The van der Waals surface area contributed by atoms with Gasteiger partial charge >= 0.3 is 0 Å². The fraction of sp³-hybridized carbons (Fsp3) is 0.400. The van der Waals surface area contributed by atoms with Crippen LogP contribution in [0.3, 0.4) is 0 Å². The third-order valence-electron chi connectivity index (χ3n) is 3.40. The molecule has 2 aromatic rings. The normalized spacial score (nSPS) is 10.6. The van der Waals surface area contributed by atoms with Crippen LogP contribution in [0.25, 0.3) is 0 Å². The standard InChI is InChI=1S/C15H21N5O/c1-3-19(4-2)15(16)13-7-5-12(6-8-13)9-20-10-14(11-21)17-18-20/h5-8,10,16,21H,3-4,9,11H2,1-2H3. The number of benzene rings is 1. The van der Waals surface area contributed by atoms with Crippen LogP contribution in [0.2, 0.25) is 0 Å². The Morgan fingerprint density at radius 3 is 2.43 bits per heavy atom. The van der Waals surface area contributed by atoms with Crippen LogP contribution in [0.1, 0.15) is 30.7 Å². The topological polar surface area (TPSA) is 78.0 Å². The molecule has 1 aromatic carbocycles. The van der Waals surface area contributed by atoms with Gasteiger partial charge in [0.2, 0.25) is 0 Å². The molecular weight excluding hydrogens is 266 g/mol. The Bertz CT molecular complexity index is 586. The highest BCUT2D eigenvalue weighted by Gasteiger charge is 2.08. The largest absolute Gasteiger partial charge is 0.390 e. The van der Waals surface area contributed by atoms with Crippen LogP contribution in [0, 0.1) is 5.41 Å². The number of aliphatic hydroxyl groups is 1. The molecule has 1 aromatic heterocycles. The van der Waals surface area contributed by atoms with Crippen molar-refractivity contribution >= 4 is 5.84 Å². The van der Waals surface area contributed by atoms with Gasteiger partial charge in [-0.2, -0.15) is 0 Å². The summed E-state index contributed by atoms with van der Waals surface area (Å²) < 4.78 is 1.69. The zero-order chi connectivity index (χ0) is 15.2. The van der Waals surface area contributed by atoms with E-state index in [4.69, 9.17) is 10.5 Å². The summed E-state index contributed by atoms with van der Waals surface area (Å²) in [5.41, 5.74) is 2.56. The zero-order valence-electron chi connectivity index (χ0n) is 12.5. The number of nitrogens with zero attached hydrogens (tertiary/aromatic N) is 4. The van der Waals surface area contributed by atoms with E-state index in [0.29, 0.717) is 18.1 Å². The minimum absolute atomic E-state index is 0.0973. The Balaban J connectivity index is 2.06. The Hall–Kier alpha value is -2.21. The molecule has 6 nitrogen and oxygen atoms in total. The Labute approximate surface area is 124 Å². The number of rotatable bonds is 6. The van der Waals surface area contributed by atoms with Crippen LogP contribution >= 0.6 is 0 Å². The minimum Gasteiger partial charge on any atom is -0.390 e. The number of amidine groups is 1. The van der Waals surface area contributed by atoms with Gasteiger partial charge < -0.3 is 10.0 Å². The Kier molecular flexibility index (Phi) is 5.05. The lowest BCUT2D eigenvalue weighted by Crippen LogP contribution is -2.30. The van der Waals surface area contributed by atoms with Crippen molar-refractivity contribution in [3.8, 4) is 0 Å². The highest BCUT2D eigenvalue weighted by Crippen LogP contribution is 2.09. The first-order valence-corrected chi connectivity index (χ1v) is 7.10.